The molecule has 13 heteroatoms. The van der Waals surface area contributed by atoms with Gasteiger partial charge in [-0.25, -0.2) is 4.79 Å². The number of amides is 5. The van der Waals surface area contributed by atoms with Gasteiger partial charge >= 0.3 is 12.2 Å². The van der Waals surface area contributed by atoms with Crippen LogP contribution in [0.25, 0.3) is 10.9 Å². The third-order valence-corrected chi connectivity index (χ3v) is 7.44. The molecule has 0 saturated carbocycles. The quantitative estimate of drug-likeness (QED) is 0.437. The molecule has 0 bridgehead atoms. The number of hydrogen-bond acceptors (Lipinski definition) is 5. The van der Waals surface area contributed by atoms with Crippen molar-refractivity contribution in [3.05, 3.63) is 59.3 Å². The smallest absolute Gasteiger partial charge is 0.343 e. The molecule has 10 nitrogen and oxygen atoms in total. The number of alkyl halides is 3. The van der Waals surface area contributed by atoms with Gasteiger partial charge in [0.05, 0.1) is 23.8 Å². The number of aromatic amines is 1. The summed E-state index contributed by atoms with van der Waals surface area (Å²) in [4.78, 5) is 55.9. The van der Waals surface area contributed by atoms with E-state index in [1.807, 2.05) is 0 Å². The minimum absolute atomic E-state index is 0.147. The average Bonchev–Trinajstić information content (AvgIpc) is 3.49. The van der Waals surface area contributed by atoms with Crippen molar-refractivity contribution in [1.82, 2.24) is 25.3 Å². The lowest BCUT2D eigenvalue weighted by Crippen LogP contribution is -2.58. The molecule has 0 atom stereocenters. The second-order valence-corrected chi connectivity index (χ2v) is 10.5. The van der Waals surface area contributed by atoms with Gasteiger partial charge in [-0.05, 0) is 55.7 Å². The Bertz CT molecular complexity index is 1510. The zero-order chi connectivity index (χ0) is 30.8. The first-order chi connectivity index (χ1) is 19.8. The number of nitrogens with zero attached hydrogens (tertiary/aromatic N) is 4. The number of hydrogen-bond donors (Lipinski definition) is 2. The summed E-state index contributed by atoms with van der Waals surface area (Å²) in [5, 5.41) is 10.0. The number of anilines is 1. The summed E-state index contributed by atoms with van der Waals surface area (Å²) in [5.74, 6) is -1.60. The van der Waals surface area contributed by atoms with Crippen LogP contribution in [0.5, 0.6) is 0 Å². The summed E-state index contributed by atoms with van der Waals surface area (Å²) in [7, 11) is 1.42. The third-order valence-electron chi connectivity index (χ3n) is 7.44. The summed E-state index contributed by atoms with van der Waals surface area (Å²) in [6, 6.07) is 7.67. The standard InChI is InChI=1S/C26H25F3N6O4.C3H8/c1-15-3-4-17(26(27,28)29)12-19(15)22(37)30-14-21(36)34-9-7-25(8-10-34)23(38)33(2)24(39)35(25)18-5-6-20-16(11-18)13-31-32-20;1-3-2/h3-6,11-13H,7-10,14H2,1-2H3,(H,30,37)(H,31,32);3H2,1-2H3. The second-order valence-electron chi connectivity index (χ2n) is 10.5. The number of imide groups is 1. The summed E-state index contributed by atoms with van der Waals surface area (Å²) in [6.45, 7) is 5.63. The van der Waals surface area contributed by atoms with E-state index in [1.165, 1.54) is 36.3 Å². The highest BCUT2D eigenvalue weighted by molar-refractivity contribution is 6.17. The van der Waals surface area contributed by atoms with E-state index in [-0.39, 0.29) is 37.4 Å². The van der Waals surface area contributed by atoms with Crippen LogP contribution >= 0.6 is 0 Å². The summed E-state index contributed by atoms with van der Waals surface area (Å²) < 4.78 is 39.2. The number of aryl methyl sites for hydroxylation is 1. The monoisotopic (exact) mass is 586 g/mol. The molecule has 0 radical (unpaired) electrons. The molecule has 224 valence electrons. The van der Waals surface area contributed by atoms with E-state index in [0.29, 0.717) is 11.3 Å². The SMILES string of the molecule is CCC.Cc1ccc(C(F)(F)F)cc1C(=O)NCC(=O)N1CCC2(CC1)C(=O)N(C)C(=O)N2c1ccc2[nH]ncc2c1. The molecule has 3 heterocycles. The Balaban J connectivity index is 0.00000129. The molecule has 5 amide bonds. The average molecular weight is 587 g/mol. The van der Waals surface area contributed by atoms with Gasteiger partial charge in [0, 0.05) is 36.8 Å². The number of H-pyrrole nitrogens is 1. The van der Waals surface area contributed by atoms with Gasteiger partial charge in [-0.2, -0.15) is 18.3 Å². The number of benzene rings is 2. The minimum atomic E-state index is -4.60. The van der Waals surface area contributed by atoms with Gasteiger partial charge in [-0.15, -0.1) is 0 Å². The van der Waals surface area contributed by atoms with Crippen LogP contribution in [0, 0.1) is 6.92 Å². The zero-order valence-electron chi connectivity index (χ0n) is 23.8. The molecule has 2 aromatic carbocycles. The lowest BCUT2D eigenvalue weighted by molar-refractivity contribution is -0.137. The van der Waals surface area contributed by atoms with E-state index in [4.69, 9.17) is 0 Å². The first-order valence-electron chi connectivity index (χ1n) is 13.6. The molecule has 2 N–H and O–H groups in total. The molecule has 2 fully saturated rings. The Morgan fingerprint density at radius 1 is 1.07 bits per heavy atom. The lowest BCUT2D eigenvalue weighted by atomic mass is 9.85. The number of likely N-dealkylation sites (tertiary alicyclic amines) is 1. The van der Waals surface area contributed by atoms with Crippen molar-refractivity contribution in [2.75, 3.05) is 31.6 Å². The molecule has 0 unspecified atom stereocenters. The zero-order valence-corrected chi connectivity index (χ0v) is 23.8. The number of halogens is 3. The summed E-state index contributed by atoms with van der Waals surface area (Å²) in [6.07, 6.45) is -1.38. The molecule has 42 heavy (non-hydrogen) atoms. The molecular weight excluding hydrogens is 553 g/mol. The predicted molar refractivity (Wildman–Crippen MR) is 150 cm³/mol. The number of rotatable bonds is 4. The van der Waals surface area contributed by atoms with Crippen molar-refractivity contribution in [2.45, 2.75) is 51.7 Å². The molecule has 0 aliphatic carbocycles. The van der Waals surface area contributed by atoms with Gasteiger partial charge in [0.25, 0.3) is 11.8 Å². The van der Waals surface area contributed by atoms with E-state index in [2.05, 4.69) is 29.4 Å². The molecular formula is C29H33F3N6O4. The fraction of sp³-hybridized carbons (Fsp3) is 0.414. The molecule has 1 aromatic heterocycles. The van der Waals surface area contributed by atoms with E-state index in [9.17, 15) is 32.3 Å². The van der Waals surface area contributed by atoms with E-state index < -0.39 is 41.7 Å². The number of urea groups is 1. The van der Waals surface area contributed by atoms with Gasteiger partial charge in [-0.3, -0.25) is 29.3 Å². The first-order valence-corrected chi connectivity index (χ1v) is 13.6. The van der Waals surface area contributed by atoms with Gasteiger partial charge in [0.1, 0.15) is 5.54 Å². The molecule has 1 spiro atoms. The van der Waals surface area contributed by atoms with E-state index >= 15 is 0 Å². The van der Waals surface area contributed by atoms with Crippen LogP contribution in [-0.2, 0) is 15.8 Å². The van der Waals surface area contributed by atoms with Crippen LogP contribution < -0.4 is 10.2 Å². The van der Waals surface area contributed by atoms with Gasteiger partial charge in [0.2, 0.25) is 5.91 Å². The number of aromatic nitrogens is 2. The van der Waals surface area contributed by atoms with Gasteiger partial charge in [-0.1, -0.05) is 26.3 Å². The lowest BCUT2D eigenvalue weighted by Gasteiger charge is -2.42. The fourth-order valence-electron chi connectivity index (χ4n) is 5.22. The second kappa shape index (κ2) is 11.8. The Kier molecular flexibility index (Phi) is 8.60. The fourth-order valence-corrected chi connectivity index (χ4v) is 5.22. The number of piperidine rings is 1. The summed E-state index contributed by atoms with van der Waals surface area (Å²) in [5.41, 5.74) is -0.632. The number of nitrogens with one attached hydrogen (secondary N) is 2. The number of fused-ring (bicyclic) bond motifs is 1. The minimum Gasteiger partial charge on any atom is -0.343 e. The van der Waals surface area contributed by atoms with Crippen LogP contribution in [-0.4, -0.2) is 76.0 Å². The van der Waals surface area contributed by atoms with Crippen LogP contribution in [0.3, 0.4) is 0 Å². The number of carbonyl (C=O) groups is 4. The van der Waals surface area contributed by atoms with Crippen molar-refractivity contribution < 1.29 is 32.3 Å². The van der Waals surface area contributed by atoms with Gasteiger partial charge < -0.3 is 10.2 Å². The predicted octanol–water partition coefficient (Wildman–Crippen LogP) is 4.50. The highest BCUT2D eigenvalue weighted by Crippen LogP contribution is 2.41. The molecule has 5 rings (SSSR count). The molecule has 2 aliphatic rings. The van der Waals surface area contributed by atoms with Gasteiger partial charge in [0.15, 0.2) is 0 Å². The van der Waals surface area contributed by atoms with Crippen molar-refractivity contribution in [3.8, 4) is 0 Å². The Morgan fingerprint density at radius 3 is 2.38 bits per heavy atom. The normalized spacial score (nSPS) is 16.6. The number of carbonyl (C=O) groups excluding carboxylic acids is 4. The maximum absolute atomic E-state index is 13.3. The van der Waals surface area contributed by atoms with Crippen molar-refractivity contribution in [3.63, 3.8) is 0 Å². The largest absolute Gasteiger partial charge is 0.416 e. The Hall–Kier alpha value is -4.42. The Morgan fingerprint density at radius 2 is 1.74 bits per heavy atom. The Labute approximate surface area is 240 Å². The highest BCUT2D eigenvalue weighted by atomic mass is 19.4. The van der Waals surface area contributed by atoms with Crippen molar-refractivity contribution in [1.29, 1.82) is 0 Å². The van der Waals surface area contributed by atoms with Crippen LogP contribution in [0.1, 0.15) is 54.6 Å². The van der Waals surface area contributed by atoms with Crippen LogP contribution in [0.2, 0.25) is 0 Å². The van der Waals surface area contributed by atoms with E-state index in [0.717, 1.165) is 27.9 Å². The highest BCUT2D eigenvalue weighted by Gasteiger charge is 2.57. The molecule has 3 aromatic rings. The maximum Gasteiger partial charge on any atom is 0.416 e. The van der Waals surface area contributed by atoms with E-state index in [1.54, 1.807) is 24.4 Å². The van der Waals surface area contributed by atoms with Crippen LogP contribution in [0.15, 0.2) is 42.6 Å². The van der Waals surface area contributed by atoms with Crippen molar-refractivity contribution >= 4 is 40.3 Å². The third kappa shape index (κ3) is 5.68. The first kappa shape index (κ1) is 30.5. The topological polar surface area (TPSA) is 119 Å². The van der Waals surface area contributed by atoms with Crippen molar-refractivity contribution in [2.24, 2.45) is 0 Å². The number of likely N-dealkylation sites (N-methyl/N-ethyl adjacent to an activating group) is 1. The summed E-state index contributed by atoms with van der Waals surface area (Å²) >= 11 is 0. The van der Waals surface area contributed by atoms with Crippen LogP contribution in [0.4, 0.5) is 23.7 Å². The maximum atomic E-state index is 13.3. The molecule has 2 saturated heterocycles. The molecule has 2 aliphatic heterocycles.